The van der Waals surface area contributed by atoms with E-state index in [-0.39, 0.29) is 12.4 Å². The van der Waals surface area contributed by atoms with Crippen molar-refractivity contribution >= 4 is 41.5 Å². The third-order valence-electron chi connectivity index (χ3n) is 4.56. The molecule has 1 fully saturated rings. The van der Waals surface area contributed by atoms with Crippen LogP contribution in [-0.4, -0.2) is 79.0 Å². The molecule has 1 aromatic rings. The molecule has 0 aliphatic carbocycles. The molecule has 1 amide bonds. The van der Waals surface area contributed by atoms with Crippen LogP contribution in [0.2, 0.25) is 0 Å². The first-order valence-corrected chi connectivity index (χ1v) is 11.4. The number of amides is 1. The van der Waals surface area contributed by atoms with Gasteiger partial charge >= 0.3 is 23.9 Å². The molecule has 1 heterocycles. The zero-order valence-corrected chi connectivity index (χ0v) is 20.0. The minimum Gasteiger partial charge on any atom is -0.467 e. The fourth-order valence-electron chi connectivity index (χ4n) is 3.18. The van der Waals surface area contributed by atoms with Gasteiger partial charge in [0.05, 0.1) is 13.7 Å². The summed E-state index contributed by atoms with van der Waals surface area (Å²) in [6.07, 6.45) is -3.28. The first kappa shape index (κ1) is 27.1. The summed E-state index contributed by atoms with van der Waals surface area (Å²) in [4.78, 5) is 59.7. The lowest BCUT2D eigenvalue weighted by Gasteiger charge is -2.40. The highest BCUT2D eigenvalue weighted by Crippen LogP contribution is 2.31. The summed E-state index contributed by atoms with van der Waals surface area (Å²) < 4.78 is 26.3. The van der Waals surface area contributed by atoms with Crippen LogP contribution in [-0.2, 0) is 42.9 Å². The molecule has 0 spiro atoms. The molecule has 34 heavy (non-hydrogen) atoms. The number of ether oxygens (including phenoxy) is 5. The Bertz CT molecular complexity index is 893. The molecule has 1 N–H and O–H groups in total. The lowest BCUT2D eigenvalue weighted by Crippen LogP contribution is -2.57. The second-order valence-electron chi connectivity index (χ2n) is 7.25. The van der Waals surface area contributed by atoms with E-state index in [0.717, 1.165) is 11.8 Å². The van der Waals surface area contributed by atoms with Crippen molar-refractivity contribution in [3.8, 4) is 0 Å². The molecular weight excluding hydrogens is 470 g/mol. The summed E-state index contributed by atoms with van der Waals surface area (Å²) in [5.74, 6) is -3.17. The van der Waals surface area contributed by atoms with Crippen LogP contribution >= 0.6 is 11.8 Å². The number of carbonyl (C=O) groups excluding carboxylic acids is 5. The molecule has 0 radical (unpaired) electrons. The fraction of sp³-hybridized carbons (Fsp3) is 0.500. The van der Waals surface area contributed by atoms with Crippen molar-refractivity contribution in [1.82, 2.24) is 5.32 Å². The Labute approximate surface area is 200 Å². The van der Waals surface area contributed by atoms with E-state index >= 15 is 0 Å². The quantitative estimate of drug-likeness (QED) is 0.383. The van der Waals surface area contributed by atoms with Crippen molar-refractivity contribution in [2.75, 3.05) is 19.5 Å². The Morgan fingerprint density at radius 1 is 0.971 bits per heavy atom. The number of thioether (sulfide) groups is 1. The second kappa shape index (κ2) is 12.9. The second-order valence-corrected chi connectivity index (χ2v) is 8.38. The van der Waals surface area contributed by atoms with Gasteiger partial charge in [0.2, 0.25) is 0 Å². The summed E-state index contributed by atoms with van der Waals surface area (Å²) >= 11 is 1.04. The van der Waals surface area contributed by atoms with Crippen LogP contribution in [0.3, 0.4) is 0 Å². The zero-order valence-electron chi connectivity index (χ0n) is 19.2. The summed E-state index contributed by atoms with van der Waals surface area (Å²) in [5.41, 5.74) is -0.548. The molecule has 0 bridgehead atoms. The number of hydrogen-bond acceptors (Lipinski definition) is 11. The van der Waals surface area contributed by atoms with Gasteiger partial charge in [-0.3, -0.25) is 19.2 Å². The largest absolute Gasteiger partial charge is 0.467 e. The van der Waals surface area contributed by atoms with Gasteiger partial charge in [0, 0.05) is 32.1 Å². The van der Waals surface area contributed by atoms with Crippen LogP contribution in [0.15, 0.2) is 30.3 Å². The van der Waals surface area contributed by atoms with Crippen molar-refractivity contribution in [3.05, 3.63) is 35.9 Å². The maximum atomic E-state index is 12.5. The van der Waals surface area contributed by atoms with Gasteiger partial charge in [0.1, 0.15) is 11.5 Å². The van der Waals surface area contributed by atoms with E-state index in [1.54, 1.807) is 30.3 Å². The average molecular weight is 498 g/mol. The zero-order chi connectivity index (χ0) is 25.3. The third-order valence-corrected chi connectivity index (χ3v) is 5.82. The molecule has 1 saturated heterocycles. The monoisotopic (exact) mass is 497 g/mol. The van der Waals surface area contributed by atoms with E-state index in [4.69, 9.17) is 23.7 Å². The first-order valence-electron chi connectivity index (χ1n) is 10.3. The Morgan fingerprint density at radius 3 is 2.12 bits per heavy atom. The molecule has 0 unspecified atom stereocenters. The van der Waals surface area contributed by atoms with Crippen LogP contribution in [0.5, 0.6) is 0 Å². The smallest absolute Gasteiger partial charge is 0.329 e. The molecule has 1 aromatic carbocycles. The van der Waals surface area contributed by atoms with Gasteiger partial charge in [-0.25, -0.2) is 4.79 Å². The molecule has 1 aliphatic heterocycles. The van der Waals surface area contributed by atoms with Crippen LogP contribution < -0.4 is 5.32 Å². The van der Waals surface area contributed by atoms with Gasteiger partial charge in [-0.1, -0.05) is 18.2 Å². The molecule has 11 nitrogen and oxygen atoms in total. The van der Waals surface area contributed by atoms with Gasteiger partial charge in [-0.05, 0) is 12.1 Å². The van der Waals surface area contributed by atoms with Crippen LogP contribution in [0.4, 0.5) is 0 Å². The normalized spacial score (nSPS) is 22.6. The van der Waals surface area contributed by atoms with Crippen molar-refractivity contribution in [1.29, 1.82) is 0 Å². The molecular formula is C22H27NO10S. The highest BCUT2D eigenvalue weighted by molar-refractivity contribution is 7.99. The first-order chi connectivity index (χ1) is 16.1. The van der Waals surface area contributed by atoms with Crippen LogP contribution in [0.25, 0.3) is 0 Å². The number of nitrogens with one attached hydrogen (secondary N) is 1. The van der Waals surface area contributed by atoms with Gasteiger partial charge in [-0.15, -0.1) is 11.8 Å². The highest BCUT2D eigenvalue weighted by atomic mass is 32.2. The maximum Gasteiger partial charge on any atom is 0.329 e. The molecule has 5 atom stereocenters. The number of hydrogen-bond donors (Lipinski definition) is 1. The Hall–Kier alpha value is -3.12. The van der Waals surface area contributed by atoms with Gasteiger partial charge in [-0.2, -0.15) is 0 Å². The van der Waals surface area contributed by atoms with E-state index in [1.165, 1.54) is 27.9 Å². The van der Waals surface area contributed by atoms with Crippen molar-refractivity contribution < 1.29 is 47.7 Å². The topological polar surface area (TPSA) is 144 Å². The predicted octanol–water partition coefficient (Wildman–Crippen LogP) is 0.843. The van der Waals surface area contributed by atoms with E-state index in [2.05, 4.69) is 5.32 Å². The number of methoxy groups -OCH3 is 1. The average Bonchev–Trinajstić information content (AvgIpc) is 2.78. The minimum absolute atomic E-state index is 0.0152. The van der Waals surface area contributed by atoms with Crippen molar-refractivity contribution in [2.24, 2.45) is 0 Å². The maximum absolute atomic E-state index is 12.5. The van der Waals surface area contributed by atoms with Crippen molar-refractivity contribution in [2.45, 2.75) is 50.6 Å². The van der Waals surface area contributed by atoms with E-state index in [0.29, 0.717) is 5.56 Å². The summed E-state index contributed by atoms with van der Waals surface area (Å²) in [7, 11) is 1.19. The van der Waals surface area contributed by atoms with Gasteiger partial charge in [0.25, 0.3) is 5.91 Å². The number of benzene rings is 1. The lowest BCUT2D eigenvalue weighted by atomic mass is 10.1. The standard InChI is InChI=1S/C22H27NO10S/c1-12(24)31-17-10-30-22(19(33-14(3)26)18(17)32-13(2)25)34-11-16(21(28)29-4)23-20(27)15-8-6-5-7-9-15/h5-9,16-19,22H,10-11H2,1-4H3,(H,23,27)/t16-,17-,18+,19+,22+/m0/s1. The number of carbonyl (C=O) groups is 5. The molecule has 0 saturated carbocycles. The molecule has 186 valence electrons. The number of esters is 4. The molecule has 2 rings (SSSR count). The summed E-state index contributed by atoms with van der Waals surface area (Å²) in [6.45, 7) is 3.37. The Balaban J connectivity index is 2.18. The fourth-order valence-corrected chi connectivity index (χ4v) is 4.36. The summed E-state index contributed by atoms with van der Waals surface area (Å²) in [5, 5.41) is 2.61. The van der Waals surface area contributed by atoms with E-state index in [1.807, 2.05) is 0 Å². The van der Waals surface area contributed by atoms with Gasteiger partial charge < -0.3 is 29.0 Å². The summed E-state index contributed by atoms with van der Waals surface area (Å²) in [6, 6.07) is 7.26. The SMILES string of the molecule is COC(=O)[C@H](CS[C@H]1OC[C@H](OC(C)=O)[C@@H](OC(C)=O)[C@H]1OC(C)=O)NC(=O)c1ccccc1. The van der Waals surface area contributed by atoms with E-state index < -0.39 is 59.6 Å². The van der Waals surface area contributed by atoms with Crippen molar-refractivity contribution in [3.63, 3.8) is 0 Å². The minimum atomic E-state index is -1.15. The predicted molar refractivity (Wildman–Crippen MR) is 119 cm³/mol. The van der Waals surface area contributed by atoms with Crippen LogP contribution in [0, 0.1) is 0 Å². The number of rotatable bonds is 9. The molecule has 0 aromatic heterocycles. The van der Waals surface area contributed by atoms with Gasteiger partial charge in [0.15, 0.2) is 18.3 Å². The lowest BCUT2D eigenvalue weighted by molar-refractivity contribution is -0.213. The highest BCUT2D eigenvalue weighted by Gasteiger charge is 2.47. The van der Waals surface area contributed by atoms with E-state index in [9.17, 15) is 24.0 Å². The third kappa shape index (κ3) is 8.03. The molecule has 1 aliphatic rings. The Morgan fingerprint density at radius 2 is 1.56 bits per heavy atom. The molecule has 12 heteroatoms. The van der Waals surface area contributed by atoms with Crippen LogP contribution in [0.1, 0.15) is 31.1 Å². The Kier molecular flexibility index (Phi) is 10.3.